The fourth-order valence-corrected chi connectivity index (χ4v) is 1.52. The van der Waals surface area contributed by atoms with E-state index in [1.54, 1.807) is 11.9 Å². The predicted octanol–water partition coefficient (Wildman–Crippen LogP) is -0.796. The van der Waals surface area contributed by atoms with Crippen LogP contribution in [-0.2, 0) is 9.53 Å². The van der Waals surface area contributed by atoms with Crippen molar-refractivity contribution in [3.8, 4) is 0 Å². The largest absolute Gasteiger partial charge is 0.394 e. The molecule has 1 aliphatic heterocycles. The molecule has 5 heteroatoms. The van der Waals surface area contributed by atoms with E-state index >= 15 is 0 Å². The van der Waals surface area contributed by atoms with Crippen molar-refractivity contribution in [1.82, 2.24) is 10.2 Å². The Morgan fingerprint density at radius 2 is 2.33 bits per heavy atom. The van der Waals surface area contributed by atoms with Gasteiger partial charge in [0.1, 0.15) is 0 Å². The predicted molar refractivity (Wildman–Crippen MR) is 56.5 cm³/mol. The van der Waals surface area contributed by atoms with Gasteiger partial charge in [-0.25, -0.2) is 0 Å². The van der Waals surface area contributed by atoms with Crippen molar-refractivity contribution < 1.29 is 14.6 Å². The third kappa shape index (κ3) is 2.90. The zero-order chi connectivity index (χ0) is 11.5. The lowest BCUT2D eigenvalue weighted by atomic mass is 10.0. The molecule has 1 heterocycles. The van der Waals surface area contributed by atoms with Gasteiger partial charge in [-0.05, 0) is 20.9 Å². The number of rotatable bonds is 3. The van der Waals surface area contributed by atoms with Crippen molar-refractivity contribution in [2.75, 3.05) is 33.4 Å². The maximum absolute atomic E-state index is 12.0. The molecule has 5 nitrogen and oxygen atoms in total. The molecular formula is C10H20N2O3. The normalized spacial score (nSPS) is 22.9. The number of likely N-dealkylation sites (N-methyl/N-ethyl adjacent to an activating group) is 1. The molecule has 0 saturated carbocycles. The first-order valence-electron chi connectivity index (χ1n) is 5.22. The lowest BCUT2D eigenvalue weighted by Crippen LogP contribution is -2.57. The summed E-state index contributed by atoms with van der Waals surface area (Å²) in [6.45, 7) is 5.22. The van der Waals surface area contributed by atoms with Crippen LogP contribution in [0.4, 0.5) is 0 Å². The molecule has 1 saturated heterocycles. The van der Waals surface area contributed by atoms with Crippen molar-refractivity contribution in [3.63, 3.8) is 0 Å². The van der Waals surface area contributed by atoms with Crippen LogP contribution in [0.25, 0.3) is 0 Å². The molecule has 0 aromatic carbocycles. The van der Waals surface area contributed by atoms with Gasteiger partial charge in [-0.2, -0.15) is 0 Å². The van der Waals surface area contributed by atoms with E-state index in [1.165, 1.54) is 0 Å². The Bertz CT molecular complexity index is 231. The van der Waals surface area contributed by atoms with Gasteiger partial charge in [0, 0.05) is 13.1 Å². The van der Waals surface area contributed by atoms with Crippen LogP contribution in [0.15, 0.2) is 0 Å². The van der Waals surface area contributed by atoms with Gasteiger partial charge in [0.25, 0.3) is 0 Å². The molecule has 0 aliphatic carbocycles. The molecule has 0 spiro atoms. The number of carbonyl (C=O) groups is 1. The SMILES string of the molecule is CNC(C)(C)C(=O)N1CCOC(CO)C1. The van der Waals surface area contributed by atoms with Crippen molar-refractivity contribution in [2.45, 2.75) is 25.5 Å². The second kappa shape index (κ2) is 4.92. The summed E-state index contributed by atoms with van der Waals surface area (Å²) in [5.41, 5.74) is -0.558. The Balaban J connectivity index is 2.60. The van der Waals surface area contributed by atoms with Crippen LogP contribution in [0.1, 0.15) is 13.8 Å². The molecule has 1 fully saturated rings. The average Bonchev–Trinajstić information content (AvgIpc) is 2.28. The quantitative estimate of drug-likeness (QED) is 0.648. The van der Waals surface area contributed by atoms with E-state index in [0.717, 1.165) is 0 Å². The van der Waals surface area contributed by atoms with E-state index < -0.39 is 5.54 Å². The maximum atomic E-state index is 12.0. The van der Waals surface area contributed by atoms with E-state index in [0.29, 0.717) is 19.7 Å². The van der Waals surface area contributed by atoms with Crippen LogP contribution >= 0.6 is 0 Å². The lowest BCUT2D eigenvalue weighted by Gasteiger charge is -2.37. The number of aliphatic hydroxyl groups excluding tert-OH is 1. The highest BCUT2D eigenvalue weighted by Gasteiger charge is 2.33. The summed E-state index contributed by atoms with van der Waals surface area (Å²) < 4.78 is 5.29. The summed E-state index contributed by atoms with van der Waals surface area (Å²) in [5, 5.41) is 11.9. The van der Waals surface area contributed by atoms with Crippen LogP contribution in [0, 0.1) is 0 Å². The third-order valence-corrected chi connectivity index (χ3v) is 2.79. The number of nitrogens with zero attached hydrogens (tertiary/aromatic N) is 1. The number of hydrogen-bond donors (Lipinski definition) is 2. The molecule has 1 atom stereocenters. The average molecular weight is 216 g/mol. The first-order valence-corrected chi connectivity index (χ1v) is 5.22. The molecule has 0 aromatic rings. The first-order chi connectivity index (χ1) is 7.01. The van der Waals surface area contributed by atoms with E-state index in [-0.39, 0.29) is 18.6 Å². The van der Waals surface area contributed by atoms with E-state index in [9.17, 15) is 4.79 Å². The van der Waals surface area contributed by atoms with Crippen LogP contribution in [0.3, 0.4) is 0 Å². The third-order valence-electron chi connectivity index (χ3n) is 2.79. The number of carbonyl (C=O) groups excluding carboxylic acids is 1. The van der Waals surface area contributed by atoms with Gasteiger partial charge in [0.15, 0.2) is 0 Å². The highest BCUT2D eigenvalue weighted by molar-refractivity contribution is 5.85. The summed E-state index contributed by atoms with van der Waals surface area (Å²) in [4.78, 5) is 13.8. The summed E-state index contributed by atoms with van der Waals surface area (Å²) in [6, 6.07) is 0. The number of morpholine rings is 1. The molecule has 1 unspecified atom stereocenters. The first kappa shape index (κ1) is 12.4. The van der Waals surface area contributed by atoms with Crippen LogP contribution in [-0.4, -0.2) is 60.9 Å². The summed E-state index contributed by atoms with van der Waals surface area (Å²) in [7, 11) is 1.77. The van der Waals surface area contributed by atoms with Gasteiger partial charge >= 0.3 is 0 Å². The minimum atomic E-state index is -0.558. The van der Waals surface area contributed by atoms with Gasteiger partial charge in [-0.15, -0.1) is 0 Å². The van der Waals surface area contributed by atoms with Gasteiger partial charge in [-0.1, -0.05) is 0 Å². The van der Waals surface area contributed by atoms with Crippen molar-refractivity contribution in [3.05, 3.63) is 0 Å². The van der Waals surface area contributed by atoms with Gasteiger partial charge in [-0.3, -0.25) is 4.79 Å². The van der Waals surface area contributed by atoms with Crippen LogP contribution in [0.5, 0.6) is 0 Å². The standard InChI is InChI=1S/C10H20N2O3/c1-10(2,11-3)9(14)12-4-5-15-8(6-12)7-13/h8,11,13H,4-7H2,1-3H3. The number of hydrogen-bond acceptors (Lipinski definition) is 4. The van der Waals surface area contributed by atoms with Crippen molar-refractivity contribution in [1.29, 1.82) is 0 Å². The number of amides is 1. The molecule has 1 amide bonds. The summed E-state index contributed by atoms with van der Waals surface area (Å²) in [5.74, 6) is 0.0479. The molecule has 1 aliphatic rings. The minimum Gasteiger partial charge on any atom is -0.394 e. The molecule has 0 radical (unpaired) electrons. The topological polar surface area (TPSA) is 61.8 Å². The molecule has 1 rings (SSSR count). The maximum Gasteiger partial charge on any atom is 0.242 e. The molecule has 0 aromatic heterocycles. The highest BCUT2D eigenvalue weighted by Crippen LogP contribution is 2.12. The van der Waals surface area contributed by atoms with E-state index in [1.807, 2.05) is 13.8 Å². The Labute approximate surface area is 90.4 Å². The van der Waals surface area contributed by atoms with Crippen LogP contribution < -0.4 is 5.32 Å². The summed E-state index contributed by atoms with van der Waals surface area (Å²) in [6.07, 6.45) is -0.240. The smallest absolute Gasteiger partial charge is 0.242 e. The van der Waals surface area contributed by atoms with Gasteiger partial charge in [0.2, 0.25) is 5.91 Å². The highest BCUT2D eigenvalue weighted by atomic mass is 16.5. The zero-order valence-corrected chi connectivity index (χ0v) is 9.62. The van der Waals surface area contributed by atoms with Gasteiger partial charge in [0.05, 0.1) is 24.9 Å². The second-order valence-corrected chi connectivity index (χ2v) is 4.30. The lowest BCUT2D eigenvalue weighted by molar-refractivity contribution is -0.145. The molecule has 2 N–H and O–H groups in total. The Morgan fingerprint density at radius 3 is 2.87 bits per heavy atom. The molecule has 0 bridgehead atoms. The van der Waals surface area contributed by atoms with Crippen molar-refractivity contribution in [2.24, 2.45) is 0 Å². The van der Waals surface area contributed by atoms with Gasteiger partial charge < -0.3 is 20.1 Å². The van der Waals surface area contributed by atoms with E-state index in [2.05, 4.69) is 5.32 Å². The zero-order valence-electron chi connectivity index (χ0n) is 9.62. The number of aliphatic hydroxyl groups is 1. The van der Waals surface area contributed by atoms with Crippen LogP contribution in [0.2, 0.25) is 0 Å². The fraction of sp³-hybridized carbons (Fsp3) is 0.900. The second-order valence-electron chi connectivity index (χ2n) is 4.30. The monoisotopic (exact) mass is 216 g/mol. The number of nitrogens with one attached hydrogen (secondary N) is 1. The number of ether oxygens (including phenoxy) is 1. The molecule has 15 heavy (non-hydrogen) atoms. The Morgan fingerprint density at radius 1 is 1.67 bits per heavy atom. The minimum absolute atomic E-state index is 0.0379. The summed E-state index contributed by atoms with van der Waals surface area (Å²) >= 11 is 0. The van der Waals surface area contributed by atoms with E-state index in [4.69, 9.17) is 9.84 Å². The molecule has 88 valence electrons. The van der Waals surface area contributed by atoms with Crippen molar-refractivity contribution >= 4 is 5.91 Å². The Kier molecular flexibility index (Phi) is 4.07. The Hall–Kier alpha value is -0.650. The molecular weight excluding hydrogens is 196 g/mol. The fourth-order valence-electron chi connectivity index (χ4n) is 1.52.